The van der Waals surface area contributed by atoms with E-state index < -0.39 is 12.7 Å². The van der Waals surface area contributed by atoms with Gasteiger partial charge in [0, 0.05) is 18.8 Å². The van der Waals surface area contributed by atoms with Gasteiger partial charge in [0.25, 0.3) is 11.5 Å². The van der Waals surface area contributed by atoms with Crippen LogP contribution in [-0.4, -0.2) is 58.6 Å². The second-order valence-corrected chi connectivity index (χ2v) is 6.28. The quantitative estimate of drug-likeness (QED) is 0.563. The van der Waals surface area contributed by atoms with Crippen LogP contribution in [0.2, 0.25) is 0 Å². The third-order valence-electron chi connectivity index (χ3n) is 4.61. The van der Waals surface area contributed by atoms with Crippen molar-refractivity contribution >= 4 is 11.6 Å². The summed E-state index contributed by atoms with van der Waals surface area (Å²) in [7, 11) is 0. The molecule has 4 rings (SSSR count). The molecule has 3 aromatic rings. The molecule has 1 aliphatic rings. The van der Waals surface area contributed by atoms with E-state index in [1.807, 2.05) is 0 Å². The molecule has 1 aliphatic heterocycles. The van der Waals surface area contributed by atoms with Crippen molar-refractivity contribution in [3.63, 3.8) is 0 Å². The number of rotatable bonds is 3. The smallest absolute Gasteiger partial charge is 0.266 e. The first kappa shape index (κ1) is 16.5. The fraction of sp³-hybridized carbons (Fsp3) is 0.375. The van der Waals surface area contributed by atoms with Gasteiger partial charge in [-0.3, -0.25) is 19.4 Å². The van der Waals surface area contributed by atoms with Crippen molar-refractivity contribution < 1.29 is 15.0 Å². The number of nitrogens with zero attached hydrogens (tertiary/aromatic N) is 5. The van der Waals surface area contributed by atoms with Crippen molar-refractivity contribution in [2.75, 3.05) is 13.2 Å². The summed E-state index contributed by atoms with van der Waals surface area (Å²) in [4.78, 5) is 30.3. The molecule has 3 aromatic heterocycles. The minimum absolute atomic E-state index is 0.192. The summed E-state index contributed by atoms with van der Waals surface area (Å²) in [6.07, 6.45) is 0.448. The van der Waals surface area contributed by atoms with E-state index in [1.54, 1.807) is 22.6 Å². The molecule has 0 saturated carbocycles. The van der Waals surface area contributed by atoms with Gasteiger partial charge in [-0.05, 0) is 13.0 Å². The molecule has 4 heterocycles. The monoisotopic (exact) mass is 358 g/mol. The molecule has 0 aromatic carbocycles. The van der Waals surface area contributed by atoms with Gasteiger partial charge >= 0.3 is 0 Å². The van der Waals surface area contributed by atoms with Gasteiger partial charge in [-0.25, -0.2) is 9.50 Å². The first-order chi connectivity index (χ1) is 12.5. The molecule has 26 heavy (non-hydrogen) atoms. The fourth-order valence-corrected chi connectivity index (χ4v) is 3.18. The number of fused-ring (bicyclic) bond motifs is 2. The molecule has 0 saturated heterocycles. The van der Waals surface area contributed by atoms with Gasteiger partial charge in [-0.15, -0.1) is 0 Å². The minimum Gasteiger partial charge on any atom is -0.393 e. The molecule has 0 aliphatic carbocycles. The van der Waals surface area contributed by atoms with Crippen LogP contribution in [0.5, 0.6) is 0 Å². The number of carbonyl (C=O) groups excluding carboxylic acids is 1. The number of aromatic amines is 1. The zero-order chi connectivity index (χ0) is 18.4. The number of aliphatic hydroxyl groups is 2. The molecule has 1 amide bonds. The third-order valence-corrected chi connectivity index (χ3v) is 4.61. The van der Waals surface area contributed by atoms with E-state index in [9.17, 15) is 14.7 Å². The second kappa shape index (κ2) is 6.07. The number of amides is 1. The van der Waals surface area contributed by atoms with Crippen molar-refractivity contribution in [2.24, 2.45) is 0 Å². The fourth-order valence-electron chi connectivity index (χ4n) is 3.18. The van der Waals surface area contributed by atoms with Crippen LogP contribution in [0.3, 0.4) is 0 Å². The molecule has 0 fully saturated rings. The summed E-state index contributed by atoms with van der Waals surface area (Å²) in [5, 5.41) is 25.7. The largest absolute Gasteiger partial charge is 0.393 e. The lowest BCUT2D eigenvalue weighted by molar-refractivity contribution is 0.0702. The number of aromatic nitrogens is 5. The Morgan fingerprint density at radius 2 is 2.19 bits per heavy atom. The highest BCUT2D eigenvalue weighted by Crippen LogP contribution is 2.20. The van der Waals surface area contributed by atoms with Gasteiger partial charge in [0.2, 0.25) is 0 Å². The van der Waals surface area contributed by atoms with Gasteiger partial charge in [-0.2, -0.15) is 5.10 Å². The molecule has 136 valence electrons. The minimum atomic E-state index is -1.03. The first-order valence-corrected chi connectivity index (χ1v) is 8.20. The summed E-state index contributed by atoms with van der Waals surface area (Å²) in [5.41, 5.74) is 2.38. The van der Waals surface area contributed by atoms with Crippen LogP contribution in [0.4, 0.5) is 0 Å². The van der Waals surface area contributed by atoms with Gasteiger partial charge in [0.05, 0.1) is 42.3 Å². The van der Waals surface area contributed by atoms with Crippen molar-refractivity contribution in [3.05, 3.63) is 51.3 Å². The number of H-pyrrole nitrogens is 1. The Morgan fingerprint density at radius 3 is 2.96 bits per heavy atom. The molecule has 1 atom stereocenters. The van der Waals surface area contributed by atoms with Gasteiger partial charge in [0.1, 0.15) is 6.10 Å². The number of aliphatic hydroxyl groups excluding tert-OH is 2. The number of hydrogen-bond donors (Lipinski definition) is 3. The Hall–Kier alpha value is -2.98. The van der Waals surface area contributed by atoms with Crippen LogP contribution in [0.1, 0.15) is 33.5 Å². The molecular weight excluding hydrogens is 340 g/mol. The van der Waals surface area contributed by atoms with Crippen LogP contribution in [-0.2, 0) is 13.1 Å². The van der Waals surface area contributed by atoms with E-state index in [2.05, 4.69) is 15.2 Å². The maximum atomic E-state index is 12.9. The summed E-state index contributed by atoms with van der Waals surface area (Å²) in [6, 6.07) is 3.06. The van der Waals surface area contributed by atoms with Gasteiger partial charge in [-0.1, -0.05) is 0 Å². The molecule has 1 unspecified atom stereocenters. The van der Waals surface area contributed by atoms with E-state index >= 15 is 0 Å². The molecule has 3 N–H and O–H groups in total. The number of hydrogen-bond acceptors (Lipinski definition) is 6. The average molecular weight is 358 g/mol. The Morgan fingerprint density at radius 1 is 1.38 bits per heavy atom. The predicted octanol–water partition coefficient (Wildman–Crippen LogP) is -0.791. The molecular formula is C16H18N6O4. The lowest BCUT2D eigenvalue weighted by atomic mass is 10.2. The lowest BCUT2D eigenvalue weighted by Gasteiger charge is -2.28. The summed E-state index contributed by atoms with van der Waals surface area (Å²) >= 11 is 0. The van der Waals surface area contributed by atoms with Crippen LogP contribution in [0.25, 0.3) is 5.65 Å². The van der Waals surface area contributed by atoms with Crippen LogP contribution >= 0.6 is 0 Å². The lowest BCUT2D eigenvalue weighted by Crippen LogP contribution is -2.39. The maximum Gasteiger partial charge on any atom is 0.266 e. The molecule has 10 nitrogen and oxygen atoms in total. The summed E-state index contributed by atoms with van der Waals surface area (Å²) < 4.78 is 3.23. The van der Waals surface area contributed by atoms with Crippen LogP contribution < -0.4 is 5.56 Å². The zero-order valence-electron chi connectivity index (χ0n) is 14.1. The molecule has 0 radical (unpaired) electrons. The summed E-state index contributed by atoms with van der Waals surface area (Å²) in [5.74, 6) is -0.192. The van der Waals surface area contributed by atoms with E-state index in [4.69, 9.17) is 5.11 Å². The van der Waals surface area contributed by atoms with Crippen molar-refractivity contribution in [3.8, 4) is 0 Å². The SMILES string of the molecule is Cc1c(C(=O)N2CCn3nc(C(O)CO)cc3C2)cnc2cc(=O)[nH]n12. The predicted molar refractivity (Wildman–Crippen MR) is 89.6 cm³/mol. The highest BCUT2D eigenvalue weighted by Gasteiger charge is 2.26. The number of carbonyl (C=O) groups is 1. The van der Waals surface area contributed by atoms with Crippen molar-refractivity contribution in [1.29, 1.82) is 0 Å². The first-order valence-electron chi connectivity index (χ1n) is 8.20. The normalized spacial score (nSPS) is 15.3. The number of aryl methyl sites for hydroxylation is 1. The number of nitrogens with one attached hydrogen (secondary N) is 1. The Labute approximate surface area is 147 Å². The molecule has 0 spiro atoms. The summed E-state index contributed by atoms with van der Waals surface area (Å²) in [6.45, 7) is 2.64. The maximum absolute atomic E-state index is 12.9. The van der Waals surface area contributed by atoms with Crippen molar-refractivity contribution in [1.82, 2.24) is 29.3 Å². The van der Waals surface area contributed by atoms with E-state index in [0.717, 1.165) is 5.69 Å². The second-order valence-electron chi connectivity index (χ2n) is 6.28. The van der Waals surface area contributed by atoms with Gasteiger partial charge in [0.15, 0.2) is 5.65 Å². The van der Waals surface area contributed by atoms with Crippen LogP contribution in [0, 0.1) is 6.92 Å². The standard InChI is InChI=1S/C16H18N6O4/c1-9-11(6-17-14-5-15(25)19-22(9)14)16(26)20-2-3-21-10(7-20)4-12(18-21)13(24)8-23/h4-6,13,23-24H,2-3,7-8H2,1H3,(H,19,25). The van der Waals surface area contributed by atoms with E-state index in [-0.39, 0.29) is 11.5 Å². The van der Waals surface area contributed by atoms with E-state index in [1.165, 1.54) is 16.8 Å². The highest BCUT2D eigenvalue weighted by molar-refractivity contribution is 5.95. The molecule has 10 heteroatoms. The zero-order valence-corrected chi connectivity index (χ0v) is 14.1. The Bertz CT molecular complexity index is 1050. The highest BCUT2D eigenvalue weighted by atomic mass is 16.3. The third kappa shape index (κ3) is 2.59. The van der Waals surface area contributed by atoms with Crippen LogP contribution in [0.15, 0.2) is 23.1 Å². The topological polar surface area (TPSA) is 129 Å². The van der Waals surface area contributed by atoms with Crippen molar-refractivity contribution in [2.45, 2.75) is 26.1 Å². The Balaban J connectivity index is 1.62. The average Bonchev–Trinajstić information content (AvgIpc) is 3.23. The van der Waals surface area contributed by atoms with E-state index in [0.29, 0.717) is 42.2 Å². The van der Waals surface area contributed by atoms with Gasteiger partial charge < -0.3 is 15.1 Å². The Kier molecular flexibility index (Phi) is 3.85. The molecule has 0 bridgehead atoms.